The second-order valence-electron chi connectivity index (χ2n) is 6.23. The van der Waals surface area contributed by atoms with Crippen LogP contribution in [-0.2, 0) is 14.6 Å². The highest BCUT2D eigenvalue weighted by atomic mass is 35.5. The van der Waals surface area contributed by atoms with Crippen LogP contribution in [0.1, 0.15) is 5.56 Å². The Balaban J connectivity index is 1.55. The molecular weight excluding hydrogens is 430 g/mol. The number of imidazole rings is 1. The van der Waals surface area contributed by atoms with Gasteiger partial charge < -0.3 is 5.32 Å². The molecule has 1 heterocycles. The van der Waals surface area contributed by atoms with Gasteiger partial charge in [0.25, 0.3) is 0 Å². The molecule has 0 bridgehead atoms. The average Bonchev–Trinajstić information content (AvgIpc) is 3.17. The first-order valence-corrected chi connectivity index (χ1v) is 11.9. The van der Waals surface area contributed by atoms with Gasteiger partial charge in [-0.15, -0.1) is 0 Å². The fourth-order valence-electron chi connectivity index (χ4n) is 2.69. The normalized spacial score (nSPS) is 11.4. The number of halogens is 1. The zero-order valence-electron chi connectivity index (χ0n) is 15.7. The maximum absolute atomic E-state index is 12.2. The highest BCUT2D eigenvalue weighted by Crippen LogP contribution is 2.26. The number of sulfone groups is 1. The second-order valence-corrected chi connectivity index (χ2v) is 9.69. The minimum absolute atomic E-state index is 0.0540. The van der Waals surface area contributed by atoms with Crippen LogP contribution in [-0.4, -0.2) is 41.9 Å². The van der Waals surface area contributed by atoms with Crippen LogP contribution >= 0.6 is 23.4 Å². The molecule has 0 saturated carbocycles. The largest absolute Gasteiger partial charge is 0.354 e. The van der Waals surface area contributed by atoms with E-state index < -0.39 is 9.84 Å². The van der Waals surface area contributed by atoms with E-state index in [1.807, 2.05) is 35.9 Å². The van der Waals surface area contributed by atoms with E-state index in [9.17, 15) is 13.2 Å². The molecule has 6 nitrogen and oxygen atoms in total. The van der Waals surface area contributed by atoms with E-state index in [1.165, 1.54) is 11.8 Å². The van der Waals surface area contributed by atoms with Crippen molar-refractivity contribution in [2.24, 2.45) is 0 Å². The average molecular weight is 450 g/mol. The molecular formula is C20H20ClN3O3S2. The van der Waals surface area contributed by atoms with Crippen LogP contribution in [0.3, 0.4) is 0 Å². The van der Waals surface area contributed by atoms with Crippen LogP contribution in [0, 0.1) is 6.92 Å². The number of benzene rings is 2. The van der Waals surface area contributed by atoms with Crippen LogP contribution in [0.5, 0.6) is 0 Å². The molecule has 0 fully saturated rings. The van der Waals surface area contributed by atoms with Crippen molar-refractivity contribution >= 4 is 39.1 Å². The van der Waals surface area contributed by atoms with Crippen LogP contribution in [0.2, 0.25) is 5.02 Å². The number of carbonyl (C=O) groups excluding carboxylic acids is 1. The van der Waals surface area contributed by atoms with Crippen molar-refractivity contribution in [3.8, 4) is 5.69 Å². The lowest BCUT2D eigenvalue weighted by Gasteiger charge is -2.11. The van der Waals surface area contributed by atoms with Gasteiger partial charge >= 0.3 is 0 Å². The number of amides is 1. The molecule has 29 heavy (non-hydrogen) atoms. The van der Waals surface area contributed by atoms with E-state index in [0.29, 0.717) is 10.2 Å². The van der Waals surface area contributed by atoms with Crippen LogP contribution in [0.4, 0.5) is 0 Å². The van der Waals surface area contributed by atoms with Gasteiger partial charge in [-0.1, -0.05) is 47.6 Å². The molecule has 0 aliphatic rings. The molecule has 1 amide bonds. The third-order valence-corrected chi connectivity index (χ3v) is 7.34. The minimum Gasteiger partial charge on any atom is -0.354 e. The Morgan fingerprint density at radius 3 is 2.69 bits per heavy atom. The molecule has 1 aromatic heterocycles. The lowest BCUT2D eigenvalue weighted by Crippen LogP contribution is -2.30. The van der Waals surface area contributed by atoms with Gasteiger partial charge in [-0.2, -0.15) is 0 Å². The standard InChI is InChI=1S/C20H20ClN3O3S2/c1-15-17(21)8-5-9-18(15)24-12-10-23-20(24)28-14-19(25)22-11-13-29(26,27)16-6-3-2-4-7-16/h2-10,12H,11,13-14H2,1H3,(H,22,25). The van der Waals surface area contributed by atoms with Gasteiger partial charge in [-0.25, -0.2) is 13.4 Å². The van der Waals surface area contributed by atoms with Gasteiger partial charge in [0, 0.05) is 24.0 Å². The number of hydrogen-bond acceptors (Lipinski definition) is 5. The lowest BCUT2D eigenvalue weighted by molar-refractivity contribution is -0.118. The number of carbonyl (C=O) groups is 1. The summed E-state index contributed by atoms with van der Waals surface area (Å²) in [6.07, 6.45) is 3.47. The maximum atomic E-state index is 12.2. The minimum atomic E-state index is -3.42. The highest BCUT2D eigenvalue weighted by Gasteiger charge is 2.15. The molecule has 152 valence electrons. The fourth-order valence-corrected chi connectivity index (χ4v) is 4.83. The third kappa shape index (κ3) is 5.41. The number of aromatic nitrogens is 2. The molecule has 3 rings (SSSR count). The van der Waals surface area contributed by atoms with Crippen molar-refractivity contribution in [1.29, 1.82) is 0 Å². The van der Waals surface area contributed by atoms with Crippen LogP contribution in [0.15, 0.2) is 71.0 Å². The van der Waals surface area contributed by atoms with E-state index >= 15 is 0 Å². The number of rotatable bonds is 8. The van der Waals surface area contributed by atoms with Gasteiger partial charge in [0.05, 0.1) is 22.1 Å². The summed E-state index contributed by atoms with van der Waals surface area (Å²) in [5.74, 6) is -0.276. The first kappa shape index (κ1) is 21.4. The summed E-state index contributed by atoms with van der Waals surface area (Å²) in [4.78, 5) is 16.7. The summed E-state index contributed by atoms with van der Waals surface area (Å²) in [6.45, 7) is 1.98. The summed E-state index contributed by atoms with van der Waals surface area (Å²) >= 11 is 7.47. The molecule has 2 aromatic carbocycles. The van der Waals surface area contributed by atoms with E-state index in [1.54, 1.807) is 36.5 Å². The van der Waals surface area contributed by atoms with Crippen LogP contribution < -0.4 is 5.32 Å². The number of nitrogens with zero attached hydrogens (tertiary/aromatic N) is 2. The maximum Gasteiger partial charge on any atom is 0.230 e. The third-order valence-electron chi connectivity index (χ3n) is 4.23. The van der Waals surface area contributed by atoms with Gasteiger partial charge in [-0.3, -0.25) is 9.36 Å². The van der Waals surface area contributed by atoms with Crippen LogP contribution in [0.25, 0.3) is 5.69 Å². The smallest absolute Gasteiger partial charge is 0.230 e. The molecule has 9 heteroatoms. The Morgan fingerprint density at radius 2 is 1.93 bits per heavy atom. The fraction of sp³-hybridized carbons (Fsp3) is 0.200. The molecule has 0 unspecified atom stereocenters. The van der Waals surface area contributed by atoms with Crippen molar-refractivity contribution in [3.63, 3.8) is 0 Å². The van der Waals surface area contributed by atoms with Gasteiger partial charge in [-0.05, 0) is 36.8 Å². The molecule has 0 atom stereocenters. The quantitative estimate of drug-likeness (QED) is 0.532. The topological polar surface area (TPSA) is 81.1 Å². The Labute approximate surface area is 179 Å². The van der Waals surface area contributed by atoms with E-state index in [2.05, 4.69) is 10.3 Å². The summed E-state index contributed by atoms with van der Waals surface area (Å²) < 4.78 is 26.4. The summed E-state index contributed by atoms with van der Waals surface area (Å²) in [5, 5.41) is 3.97. The number of hydrogen-bond donors (Lipinski definition) is 1. The first-order valence-electron chi connectivity index (χ1n) is 8.84. The Bertz CT molecular complexity index is 1100. The van der Waals surface area contributed by atoms with Crippen molar-refractivity contribution < 1.29 is 13.2 Å². The zero-order valence-corrected chi connectivity index (χ0v) is 18.1. The predicted molar refractivity (Wildman–Crippen MR) is 116 cm³/mol. The van der Waals surface area contributed by atoms with Crippen molar-refractivity contribution in [2.75, 3.05) is 18.1 Å². The molecule has 1 N–H and O–H groups in total. The summed E-state index contributed by atoms with van der Waals surface area (Å²) in [5.41, 5.74) is 1.82. The SMILES string of the molecule is Cc1c(Cl)cccc1-n1ccnc1SCC(=O)NCCS(=O)(=O)c1ccccc1. The molecule has 0 aliphatic heterocycles. The van der Waals surface area contributed by atoms with Gasteiger partial charge in [0.2, 0.25) is 5.91 Å². The monoisotopic (exact) mass is 449 g/mol. The molecule has 0 radical (unpaired) electrons. The summed E-state index contributed by atoms with van der Waals surface area (Å²) in [7, 11) is -3.42. The molecule has 0 spiro atoms. The highest BCUT2D eigenvalue weighted by molar-refractivity contribution is 7.99. The Morgan fingerprint density at radius 1 is 1.17 bits per heavy atom. The van der Waals surface area contributed by atoms with E-state index in [0.717, 1.165) is 11.3 Å². The predicted octanol–water partition coefficient (Wildman–Crippen LogP) is 3.52. The van der Waals surface area contributed by atoms with Crippen molar-refractivity contribution in [3.05, 3.63) is 71.5 Å². The number of nitrogens with one attached hydrogen (secondary N) is 1. The van der Waals surface area contributed by atoms with Gasteiger partial charge in [0.15, 0.2) is 15.0 Å². The Kier molecular flexibility index (Phi) is 7.00. The first-order chi connectivity index (χ1) is 13.9. The van der Waals surface area contributed by atoms with Gasteiger partial charge in [0.1, 0.15) is 0 Å². The Hall–Kier alpha value is -2.29. The van der Waals surface area contributed by atoms with E-state index in [4.69, 9.17) is 11.6 Å². The zero-order chi connectivity index (χ0) is 20.9. The van der Waals surface area contributed by atoms with Crippen molar-refractivity contribution in [1.82, 2.24) is 14.9 Å². The molecule has 0 aliphatic carbocycles. The van der Waals surface area contributed by atoms with E-state index in [-0.39, 0.29) is 28.9 Å². The molecule has 3 aromatic rings. The number of thioether (sulfide) groups is 1. The second kappa shape index (κ2) is 9.47. The lowest BCUT2D eigenvalue weighted by atomic mass is 10.2. The molecule has 0 saturated heterocycles. The van der Waals surface area contributed by atoms with Crippen molar-refractivity contribution in [2.45, 2.75) is 17.0 Å². The summed E-state index contributed by atoms with van der Waals surface area (Å²) in [6, 6.07) is 13.8.